The highest BCUT2D eigenvalue weighted by molar-refractivity contribution is 5.78. The van der Waals surface area contributed by atoms with E-state index in [-0.39, 0.29) is 0 Å². The molecule has 0 atom stereocenters. The number of para-hydroxylation sites is 1. The molecule has 0 amide bonds. The van der Waals surface area contributed by atoms with Crippen LogP contribution in [0.4, 0.5) is 0 Å². The molecule has 0 aliphatic rings. The molecule has 2 aromatic carbocycles. The Morgan fingerprint density at radius 3 is 2.46 bits per heavy atom. The minimum absolute atomic E-state index is 0.442. The van der Waals surface area contributed by atoms with Crippen LogP contribution in [0.25, 0.3) is 22.6 Å². The van der Waals surface area contributed by atoms with Crippen LogP contribution < -0.4 is 4.74 Å². The molecule has 1 N–H and O–H groups in total. The van der Waals surface area contributed by atoms with Crippen LogP contribution in [0.1, 0.15) is 13.8 Å². The van der Waals surface area contributed by atoms with Crippen LogP contribution >= 0.6 is 0 Å². The molecule has 24 heavy (non-hydrogen) atoms. The van der Waals surface area contributed by atoms with Gasteiger partial charge in [0.1, 0.15) is 11.4 Å². The Morgan fingerprint density at radius 1 is 1.08 bits per heavy atom. The molecule has 1 aromatic heterocycles. The minimum atomic E-state index is -1.35. The molecule has 0 bridgehead atoms. The van der Waals surface area contributed by atoms with Gasteiger partial charge in [0.15, 0.2) is 11.4 Å². The number of rotatable bonds is 5. The van der Waals surface area contributed by atoms with E-state index < -0.39 is 11.6 Å². The van der Waals surface area contributed by atoms with Crippen molar-refractivity contribution in [2.75, 3.05) is 0 Å². The van der Waals surface area contributed by atoms with E-state index in [9.17, 15) is 9.90 Å². The van der Waals surface area contributed by atoms with Crippen molar-refractivity contribution in [1.29, 1.82) is 0 Å². The van der Waals surface area contributed by atoms with E-state index in [1.54, 1.807) is 12.1 Å². The molecule has 0 saturated heterocycles. The van der Waals surface area contributed by atoms with Crippen molar-refractivity contribution in [3.8, 4) is 28.3 Å². The Balaban J connectivity index is 1.96. The van der Waals surface area contributed by atoms with Gasteiger partial charge in [-0.2, -0.15) is 0 Å². The summed E-state index contributed by atoms with van der Waals surface area (Å²) in [6.07, 6.45) is 0. The van der Waals surface area contributed by atoms with Crippen LogP contribution in [-0.2, 0) is 4.79 Å². The van der Waals surface area contributed by atoms with E-state index in [2.05, 4.69) is 5.16 Å². The normalized spacial score (nSPS) is 11.2. The molecule has 122 valence electrons. The van der Waals surface area contributed by atoms with Crippen LogP contribution in [0, 0.1) is 0 Å². The third-order valence-electron chi connectivity index (χ3n) is 3.61. The zero-order chi connectivity index (χ0) is 17.2. The van der Waals surface area contributed by atoms with Crippen LogP contribution in [0.5, 0.6) is 5.75 Å². The van der Waals surface area contributed by atoms with E-state index >= 15 is 0 Å². The maximum absolute atomic E-state index is 11.3. The second-order valence-corrected chi connectivity index (χ2v) is 5.86. The van der Waals surface area contributed by atoms with Gasteiger partial charge < -0.3 is 14.4 Å². The Kier molecular flexibility index (Phi) is 4.08. The van der Waals surface area contributed by atoms with Crippen LogP contribution in [0.3, 0.4) is 0 Å². The van der Waals surface area contributed by atoms with Crippen molar-refractivity contribution < 1.29 is 19.2 Å². The van der Waals surface area contributed by atoms with Crippen LogP contribution in [0.15, 0.2) is 65.2 Å². The van der Waals surface area contributed by atoms with Gasteiger partial charge >= 0.3 is 5.97 Å². The average molecular weight is 323 g/mol. The number of carbonyl (C=O) groups is 1. The number of aliphatic carboxylic acids is 1. The molecule has 1 heterocycles. The number of carboxylic acids is 1. The SMILES string of the molecule is CC(C)(Oc1ccccc1-c1cc(-c2ccccc2)on1)C(=O)O. The van der Waals surface area contributed by atoms with Crippen molar-refractivity contribution in [2.45, 2.75) is 19.4 Å². The van der Waals surface area contributed by atoms with Gasteiger partial charge in [0.2, 0.25) is 0 Å². The van der Waals surface area contributed by atoms with Crippen LogP contribution in [0.2, 0.25) is 0 Å². The summed E-state index contributed by atoms with van der Waals surface area (Å²) in [7, 11) is 0. The zero-order valence-electron chi connectivity index (χ0n) is 13.4. The number of hydrogen-bond donors (Lipinski definition) is 1. The lowest BCUT2D eigenvalue weighted by Crippen LogP contribution is -2.38. The molecule has 3 aromatic rings. The molecule has 0 saturated carbocycles. The van der Waals surface area contributed by atoms with Crippen LogP contribution in [-0.4, -0.2) is 21.8 Å². The first-order valence-corrected chi connectivity index (χ1v) is 7.51. The fraction of sp³-hybridized carbons (Fsp3) is 0.158. The second-order valence-electron chi connectivity index (χ2n) is 5.86. The van der Waals surface area contributed by atoms with E-state index in [0.29, 0.717) is 22.8 Å². The fourth-order valence-corrected chi connectivity index (χ4v) is 2.23. The van der Waals surface area contributed by atoms with E-state index in [0.717, 1.165) is 5.56 Å². The quantitative estimate of drug-likeness (QED) is 0.760. The third kappa shape index (κ3) is 3.15. The first-order valence-electron chi connectivity index (χ1n) is 7.51. The van der Waals surface area contributed by atoms with Crippen molar-refractivity contribution in [2.24, 2.45) is 0 Å². The lowest BCUT2D eigenvalue weighted by atomic mass is 10.1. The Bertz CT molecular complexity index is 853. The summed E-state index contributed by atoms with van der Waals surface area (Å²) in [6.45, 7) is 3.01. The minimum Gasteiger partial charge on any atom is -0.478 e. The molecule has 0 aliphatic carbocycles. The predicted molar refractivity (Wildman–Crippen MR) is 89.7 cm³/mol. The summed E-state index contributed by atoms with van der Waals surface area (Å²) in [4.78, 5) is 11.3. The fourth-order valence-electron chi connectivity index (χ4n) is 2.23. The number of carboxylic acid groups (broad SMARTS) is 1. The van der Waals surface area contributed by atoms with Crippen molar-refractivity contribution in [1.82, 2.24) is 5.16 Å². The summed E-state index contributed by atoms with van der Waals surface area (Å²) >= 11 is 0. The molecule has 0 unspecified atom stereocenters. The summed E-state index contributed by atoms with van der Waals surface area (Å²) in [5, 5.41) is 13.4. The summed E-state index contributed by atoms with van der Waals surface area (Å²) < 4.78 is 11.1. The summed E-state index contributed by atoms with van der Waals surface area (Å²) in [5.41, 5.74) is 0.839. The summed E-state index contributed by atoms with van der Waals surface area (Å²) in [6, 6.07) is 18.6. The van der Waals surface area contributed by atoms with Crippen molar-refractivity contribution >= 4 is 5.97 Å². The topological polar surface area (TPSA) is 72.6 Å². The lowest BCUT2D eigenvalue weighted by molar-refractivity contribution is -0.152. The zero-order valence-corrected chi connectivity index (χ0v) is 13.4. The number of benzene rings is 2. The lowest BCUT2D eigenvalue weighted by Gasteiger charge is -2.22. The van der Waals surface area contributed by atoms with E-state index in [1.807, 2.05) is 48.5 Å². The van der Waals surface area contributed by atoms with Gasteiger partial charge in [-0.15, -0.1) is 0 Å². The number of aromatic nitrogens is 1. The largest absolute Gasteiger partial charge is 0.478 e. The molecular formula is C19H17NO4. The third-order valence-corrected chi connectivity index (χ3v) is 3.61. The van der Waals surface area contributed by atoms with Gasteiger partial charge in [0.25, 0.3) is 0 Å². The monoisotopic (exact) mass is 323 g/mol. The highest BCUT2D eigenvalue weighted by atomic mass is 16.5. The molecule has 5 heteroatoms. The highest BCUT2D eigenvalue weighted by Gasteiger charge is 2.30. The van der Waals surface area contributed by atoms with Gasteiger partial charge in [-0.1, -0.05) is 47.6 Å². The van der Waals surface area contributed by atoms with Gasteiger partial charge in [-0.25, -0.2) is 4.79 Å². The van der Waals surface area contributed by atoms with Gasteiger partial charge in [-0.05, 0) is 26.0 Å². The molecule has 0 fully saturated rings. The van der Waals surface area contributed by atoms with Gasteiger partial charge in [0, 0.05) is 17.2 Å². The predicted octanol–water partition coefficient (Wildman–Crippen LogP) is 4.25. The number of nitrogens with zero attached hydrogens (tertiary/aromatic N) is 1. The molecule has 3 rings (SSSR count). The number of ether oxygens (including phenoxy) is 1. The Morgan fingerprint density at radius 2 is 1.75 bits per heavy atom. The standard InChI is InChI=1S/C19H17NO4/c1-19(2,18(21)22)23-16-11-7-6-10-14(16)15-12-17(24-20-15)13-8-4-3-5-9-13/h3-12H,1-2H3,(H,21,22). The number of hydrogen-bond acceptors (Lipinski definition) is 4. The highest BCUT2D eigenvalue weighted by Crippen LogP contribution is 2.33. The Labute approximate surface area is 139 Å². The maximum atomic E-state index is 11.3. The first-order chi connectivity index (χ1) is 11.5. The molecule has 0 aliphatic heterocycles. The Hall–Kier alpha value is -3.08. The van der Waals surface area contributed by atoms with E-state index in [4.69, 9.17) is 9.26 Å². The second kappa shape index (κ2) is 6.20. The van der Waals surface area contributed by atoms with Crippen molar-refractivity contribution in [3.63, 3.8) is 0 Å². The van der Waals surface area contributed by atoms with Gasteiger partial charge in [-0.3, -0.25) is 0 Å². The molecular weight excluding hydrogens is 306 g/mol. The summed E-state index contributed by atoms with van der Waals surface area (Å²) in [5.74, 6) is 0.0399. The molecule has 0 radical (unpaired) electrons. The average Bonchev–Trinajstić information content (AvgIpc) is 3.05. The van der Waals surface area contributed by atoms with Crippen molar-refractivity contribution in [3.05, 3.63) is 60.7 Å². The molecule has 5 nitrogen and oxygen atoms in total. The maximum Gasteiger partial charge on any atom is 0.347 e. The first kappa shape index (κ1) is 15.8. The smallest absolute Gasteiger partial charge is 0.347 e. The molecule has 0 spiro atoms. The van der Waals surface area contributed by atoms with Gasteiger partial charge in [0.05, 0.1) is 0 Å². The van der Waals surface area contributed by atoms with E-state index in [1.165, 1.54) is 13.8 Å².